The Kier molecular flexibility index (Phi) is 6.08. The Bertz CT molecular complexity index is 351. The molecule has 1 amide bonds. The molecule has 1 aromatic rings. The van der Waals surface area contributed by atoms with Crippen LogP contribution in [0.2, 0.25) is 0 Å². The zero-order chi connectivity index (χ0) is 12.7. The molecule has 1 aromatic carbocycles. The largest absolute Gasteiger partial charge is 0.394 e. The van der Waals surface area contributed by atoms with Crippen LogP contribution in [0.25, 0.3) is 0 Å². The fourth-order valence-corrected chi connectivity index (χ4v) is 1.96. The molecule has 0 spiro atoms. The molecule has 0 saturated heterocycles. The second-order valence-electron chi connectivity index (χ2n) is 3.89. The molecule has 0 radical (unpaired) electrons. The van der Waals surface area contributed by atoms with Gasteiger partial charge in [-0.1, -0.05) is 19.1 Å². The molecule has 4 heteroatoms. The topological polar surface area (TPSA) is 49.3 Å². The maximum Gasteiger partial charge on any atom is 0.251 e. The number of carbonyl (C=O) groups excluding carboxylic acids is 1. The number of rotatable bonds is 6. The van der Waals surface area contributed by atoms with E-state index in [1.54, 1.807) is 6.92 Å². The molecule has 0 aliphatic carbocycles. The maximum absolute atomic E-state index is 11.7. The van der Waals surface area contributed by atoms with Gasteiger partial charge in [-0.25, -0.2) is 0 Å². The zero-order valence-electron chi connectivity index (χ0n) is 10.3. The van der Waals surface area contributed by atoms with Crippen LogP contribution in [0.3, 0.4) is 0 Å². The first-order chi connectivity index (χ1) is 8.17. The highest BCUT2D eigenvalue weighted by Gasteiger charge is 2.08. The van der Waals surface area contributed by atoms with Gasteiger partial charge in [0, 0.05) is 17.4 Å². The number of nitrogens with one attached hydrogen (secondary N) is 1. The molecule has 0 saturated carbocycles. The van der Waals surface area contributed by atoms with Crippen LogP contribution in [0, 0.1) is 0 Å². The van der Waals surface area contributed by atoms with Crippen molar-refractivity contribution in [1.82, 2.24) is 5.32 Å². The Hall–Kier alpha value is -1.00. The summed E-state index contributed by atoms with van der Waals surface area (Å²) < 4.78 is 0. The van der Waals surface area contributed by atoms with Gasteiger partial charge in [-0.3, -0.25) is 4.79 Å². The molecule has 0 aliphatic rings. The highest BCUT2D eigenvalue weighted by molar-refractivity contribution is 7.98. The maximum atomic E-state index is 11.7. The van der Waals surface area contributed by atoms with Crippen molar-refractivity contribution in [2.75, 3.05) is 12.4 Å². The molecule has 1 rings (SSSR count). The van der Waals surface area contributed by atoms with Gasteiger partial charge in [0.25, 0.3) is 5.91 Å². The SMILES string of the molecule is CCSCc1ccc(C(=O)NC(C)CO)cc1. The van der Waals surface area contributed by atoms with E-state index in [2.05, 4.69) is 12.2 Å². The Morgan fingerprint density at radius 2 is 2.06 bits per heavy atom. The zero-order valence-corrected chi connectivity index (χ0v) is 11.1. The van der Waals surface area contributed by atoms with Gasteiger partial charge in [0.2, 0.25) is 0 Å². The lowest BCUT2D eigenvalue weighted by molar-refractivity contribution is 0.0922. The lowest BCUT2D eigenvalue weighted by Crippen LogP contribution is -2.34. The van der Waals surface area contributed by atoms with Crippen LogP contribution >= 0.6 is 11.8 Å². The molecule has 94 valence electrons. The lowest BCUT2D eigenvalue weighted by atomic mass is 10.1. The first-order valence-corrected chi connectivity index (χ1v) is 6.91. The van der Waals surface area contributed by atoms with Crippen molar-refractivity contribution < 1.29 is 9.90 Å². The van der Waals surface area contributed by atoms with E-state index in [-0.39, 0.29) is 18.6 Å². The first-order valence-electron chi connectivity index (χ1n) is 5.75. The molecule has 0 aliphatic heterocycles. The van der Waals surface area contributed by atoms with Gasteiger partial charge in [-0.15, -0.1) is 0 Å². The van der Waals surface area contributed by atoms with Crippen molar-refractivity contribution in [3.63, 3.8) is 0 Å². The third-order valence-electron chi connectivity index (χ3n) is 2.34. The number of hydrogen-bond acceptors (Lipinski definition) is 3. The fraction of sp³-hybridized carbons (Fsp3) is 0.462. The number of hydrogen-bond donors (Lipinski definition) is 2. The summed E-state index contributed by atoms with van der Waals surface area (Å²) in [5.41, 5.74) is 1.86. The Balaban J connectivity index is 2.57. The van der Waals surface area contributed by atoms with Crippen molar-refractivity contribution >= 4 is 17.7 Å². The second kappa shape index (κ2) is 7.35. The minimum Gasteiger partial charge on any atom is -0.394 e. The lowest BCUT2D eigenvalue weighted by Gasteiger charge is -2.10. The molecule has 1 atom stereocenters. The summed E-state index contributed by atoms with van der Waals surface area (Å²) in [7, 11) is 0. The van der Waals surface area contributed by atoms with Gasteiger partial charge in [-0.2, -0.15) is 11.8 Å². The summed E-state index contributed by atoms with van der Waals surface area (Å²) in [6.07, 6.45) is 0. The van der Waals surface area contributed by atoms with E-state index >= 15 is 0 Å². The predicted molar refractivity (Wildman–Crippen MR) is 72.3 cm³/mol. The summed E-state index contributed by atoms with van der Waals surface area (Å²) >= 11 is 1.86. The molecule has 17 heavy (non-hydrogen) atoms. The molecule has 0 fully saturated rings. The predicted octanol–water partition coefficient (Wildman–Crippen LogP) is 2.05. The summed E-state index contributed by atoms with van der Waals surface area (Å²) in [5.74, 6) is 1.93. The average molecular weight is 253 g/mol. The van der Waals surface area contributed by atoms with Crippen LogP contribution in [0.15, 0.2) is 24.3 Å². The number of aliphatic hydroxyl groups is 1. The van der Waals surface area contributed by atoms with E-state index in [1.807, 2.05) is 36.0 Å². The van der Waals surface area contributed by atoms with Gasteiger partial charge in [0.05, 0.1) is 6.61 Å². The molecule has 0 aromatic heterocycles. The van der Waals surface area contributed by atoms with E-state index in [1.165, 1.54) is 5.56 Å². The Labute approximate surface area is 107 Å². The third kappa shape index (κ3) is 4.79. The summed E-state index contributed by atoms with van der Waals surface area (Å²) in [6.45, 7) is 3.85. The van der Waals surface area contributed by atoms with Gasteiger partial charge in [-0.05, 0) is 30.4 Å². The van der Waals surface area contributed by atoms with Crippen LogP contribution in [-0.4, -0.2) is 29.4 Å². The van der Waals surface area contributed by atoms with Crippen LogP contribution in [0.1, 0.15) is 29.8 Å². The molecule has 1 unspecified atom stereocenters. The smallest absolute Gasteiger partial charge is 0.251 e. The van der Waals surface area contributed by atoms with Gasteiger partial charge in [0.1, 0.15) is 0 Å². The molecule has 3 nitrogen and oxygen atoms in total. The van der Waals surface area contributed by atoms with Crippen molar-refractivity contribution in [1.29, 1.82) is 0 Å². The highest BCUT2D eigenvalue weighted by Crippen LogP contribution is 2.12. The monoisotopic (exact) mass is 253 g/mol. The van der Waals surface area contributed by atoms with E-state index in [9.17, 15) is 4.79 Å². The van der Waals surface area contributed by atoms with Crippen LogP contribution in [0.5, 0.6) is 0 Å². The van der Waals surface area contributed by atoms with Crippen molar-refractivity contribution in [3.05, 3.63) is 35.4 Å². The van der Waals surface area contributed by atoms with Crippen LogP contribution in [-0.2, 0) is 5.75 Å². The Morgan fingerprint density at radius 3 is 2.59 bits per heavy atom. The Morgan fingerprint density at radius 1 is 1.41 bits per heavy atom. The summed E-state index contributed by atoms with van der Waals surface area (Å²) in [5, 5.41) is 11.6. The molecule has 2 N–H and O–H groups in total. The highest BCUT2D eigenvalue weighted by atomic mass is 32.2. The molecule has 0 heterocycles. The van der Waals surface area contributed by atoms with Crippen molar-refractivity contribution in [2.45, 2.75) is 25.6 Å². The minimum absolute atomic E-state index is 0.0447. The minimum atomic E-state index is -0.210. The summed E-state index contributed by atoms with van der Waals surface area (Å²) in [6, 6.07) is 7.39. The van der Waals surface area contributed by atoms with E-state index < -0.39 is 0 Å². The first kappa shape index (κ1) is 14.1. The third-order valence-corrected chi connectivity index (χ3v) is 3.29. The van der Waals surface area contributed by atoms with E-state index in [4.69, 9.17) is 5.11 Å². The van der Waals surface area contributed by atoms with E-state index in [0.717, 1.165) is 11.5 Å². The average Bonchev–Trinajstić information content (AvgIpc) is 2.36. The van der Waals surface area contributed by atoms with Crippen molar-refractivity contribution in [2.24, 2.45) is 0 Å². The van der Waals surface area contributed by atoms with Gasteiger partial charge < -0.3 is 10.4 Å². The van der Waals surface area contributed by atoms with Crippen molar-refractivity contribution in [3.8, 4) is 0 Å². The number of thioether (sulfide) groups is 1. The standard InChI is InChI=1S/C13H19NO2S/c1-3-17-9-11-4-6-12(7-5-11)13(16)14-10(2)8-15/h4-7,10,15H,3,8-9H2,1-2H3,(H,14,16). The van der Waals surface area contributed by atoms with Crippen LogP contribution < -0.4 is 5.32 Å². The molecule has 0 bridgehead atoms. The molecular formula is C13H19NO2S. The van der Waals surface area contributed by atoms with Crippen LogP contribution in [0.4, 0.5) is 0 Å². The quantitative estimate of drug-likeness (QED) is 0.816. The number of aliphatic hydroxyl groups excluding tert-OH is 1. The number of benzene rings is 1. The van der Waals surface area contributed by atoms with E-state index in [0.29, 0.717) is 5.56 Å². The van der Waals surface area contributed by atoms with Gasteiger partial charge >= 0.3 is 0 Å². The summed E-state index contributed by atoms with van der Waals surface area (Å²) in [4.78, 5) is 11.7. The normalized spacial score (nSPS) is 12.2. The molecular weight excluding hydrogens is 234 g/mol. The number of carbonyl (C=O) groups is 1. The van der Waals surface area contributed by atoms with Gasteiger partial charge in [0.15, 0.2) is 0 Å². The second-order valence-corrected chi connectivity index (χ2v) is 5.17. The number of amides is 1. The fourth-order valence-electron chi connectivity index (χ4n) is 1.33.